The summed E-state index contributed by atoms with van der Waals surface area (Å²) in [4.78, 5) is 48.5. The van der Waals surface area contributed by atoms with Crippen molar-refractivity contribution in [3.63, 3.8) is 0 Å². The second-order valence-corrected chi connectivity index (χ2v) is 6.71. The molecule has 0 aromatic carbocycles. The van der Waals surface area contributed by atoms with E-state index in [-0.39, 0.29) is 60.7 Å². The molecule has 17 heteroatoms. The number of nitrogens with zero attached hydrogens (tertiary/aromatic N) is 8. The fourth-order valence-corrected chi connectivity index (χ4v) is 2.84. The van der Waals surface area contributed by atoms with Crippen LogP contribution in [0.4, 0.5) is 11.4 Å². The largest absolute Gasteiger partial charge is 0.353 e. The Bertz CT molecular complexity index is 1210. The van der Waals surface area contributed by atoms with Gasteiger partial charge in [0.25, 0.3) is 0 Å². The van der Waals surface area contributed by atoms with Gasteiger partial charge in [-0.15, -0.1) is 0 Å². The molecule has 0 aliphatic carbocycles. The van der Waals surface area contributed by atoms with Crippen LogP contribution in [0.3, 0.4) is 0 Å². The Kier molecular flexibility index (Phi) is 6.70. The zero-order chi connectivity index (χ0) is 24.1. The number of hydrogen-bond donors (Lipinski definition) is 2. The van der Waals surface area contributed by atoms with Crippen LogP contribution < -0.4 is 10.6 Å². The number of nitrogens with one attached hydrogen (secondary N) is 2. The minimum atomic E-state index is -0.677. The Morgan fingerprint density at radius 3 is 2.52 bits per heavy atom. The van der Waals surface area contributed by atoms with Gasteiger partial charge in [-0.1, -0.05) is 5.16 Å². The maximum absolute atomic E-state index is 12.1. The topological polar surface area (TPSA) is 219 Å². The molecular weight excluding hydrogens is 444 g/mol. The molecule has 3 aromatic rings. The van der Waals surface area contributed by atoms with Gasteiger partial charge in [-0.3, -0.25) is 39.2 Å². The van der Waals surface area contributed by atoms with Crippen LogP contribution in [-0.4, -0.2) is 64.5 Å². The summed E-state index contributed by atoms with van der Waals surface area (Å²) in [5.74, 6) is -1.36. The van der Waals surface area contributed by atoms with E-state index >= 15 is 0 Å². The summed E-state index contributed by atoms with van der Waals surface area (Å²) in [6.45, 7) is 2.85. The van der Waals surface area contributed by atoms with Crippen molar-refractivity contribution in [3.05, 3.63) is 55.7 Å². The number of nitro groups is 2. The van der Waals surface area contributed by atoms with Gasteiger partial charge in [0.15, 0.2) is 5.82 Å². The summed E-state index contributed by atoms with van der Waals surface area (Å²) in [6.07, 6.45) is 2.25. The molecule has 2 amide bonds. The average molecular weight is 462 g/mol. The van der Waals surface area contributed by atoms with Gasteiger partial charge in [-0.2, -0.15) is 15.2 Å². The smallest absolute Gasteiger partial charge is 0.316 e. The van der Waals surface area contributed by atoms with Crippen molar-refractivity contribution < 1.29 is 24.0 Å². The number of rotatable bonds is 10. The Hall–Kier alpha value is -4.70. The van der Waals surface area contributed by atoms with Crippen molar-refractivity contribution in [3.8, 4) is 0 Å². The number of hydrogen-bond acceptors (Lipinski definition) is 11. The molecule has 0 fully saturated rings. The van der Waals surface area contributed by atoms with E-state index in [9.17, 15) is 29.8 Å². The maximum Gasteiger partial charge on any atom is 0.316 e. The highest BCUT2D eigenvalue weighted by atomic mass is 16.6. The minimum absolute atomic E-state index is 0.0365. The molecule has 0 radical (unpaired) electrons. The van der Waals surface area contributed by atoms with Gasteiger partial charge >= 0.3 is 23.2 Å². The van der Waals surface area contributed by atoms with Gasteiger partial charge < -0.3 is 15.2 Å². The van der Waals surface area contributed by atoms with Crippen LogP contribution in [0, 0.1) is 34.1 Å². The van der Waals surface area contributed by atoms with Crippen molar-refractivity contribution in [1.82, 2.24) is 40.3 Å². The van der Waals surface area contributed by atoms with Crippen LogP contribution in [0.15, 0.2) is 16.9 Å². The monoisotopic (exact) mass is 462 g/mol. The summed E-state index contributed by atoms with van der Waals surface area (Å²) in [6, 6.07) is 0. The molecule has 2 N–H and O–H groups in total. The predicted molar refractivity (Wildman–Crippen MR) is 106 cm³/mol. The molecule has 3 heterocycles. The Morgan fingerprint density at radius 1 is 1.15 bits per heavy atom. The summed E-state index contributed by atoms with van der Waals surface area (Å²) in [7, 11) is 0. The van der Waals surface area contributed by atoms with Gasteiger partial charge in [0, 0.05) is 13.1 Å². The van der Waals surface area contributed by atoms with Gasteiger partial charge in [0.2, 0.25) is 5.91 Å². The summed E-state index contributed by atoms with van der Waals surface area (Å²) in [5.41, 5.74) is 0.134. The molecule has 3 rings (SSSR count). The second-order valence-electron chi connectivity index (χ2n) is 6.71. The van der Waals surface area contributed by atoms with Gasteiger partial charge in [0.1, 0.15) is 36.9 Å². The van der Waals surface area contributed by atoms with Crippen LogP contribution in [0.25, 0.3) is 0 Å². The van der Waals surface area contributed by atoms with E-state index in [4.69, 9.17) is 4.52 Å². The van der Waals surface area contributed by atoms with Gasteiger partial charge in [-0.05, 0) is 13.8 Å². The van der Waals surface area contributed by atoms with E-state index in [2.05, 4.69) is 31.0 Å². The lowest BCUT2D eigenvalue weighted by Crippen LogP contribution is -2.36. The van der Waals surface area contributed by atoms with E-state index in [0.717, 1.165) is 6.20 Å². The molecule has 0 atom stereocenters. The quantitative estimate of drug-likeness (QED) is 0.222. The number of carbonyl (C=O) groups excluding carboxylic acids is 2. The summed E-state index contributed by atoms with van der Waals surface area (Å²) in [5, 5.41) is 38.1. The van der Waals surface area contributed by atoms with E-state index in [0.29, 0.717) is 0 Å². The Labute approximate surface area is 184 Å². The fourth-order valence-electron chi connectivity index (χ4n) is 2.84. The van der Waals surface area contributed by atoms with E-state index in [1.54, 1.807) is 0 Å². The van der Waals surface area contributed by atoms with Gasteiger partial charge in [-0.25, -0.2) is 0 Å². The van der Waals surface area contributed by atoms with Crippen molar-refractivity contribution in [1.29, 1.82) is 0 Å². The molecular formula is C16H18N10O7. The third kappa shape index (κ3) is 5.51. The number of amides is 2. The van der Waals surface area contributed by atoms with Crippen molar-refractivity contribution in [2.45, 2.75) is 26.9 Å². The molecule has 3 aromatic heterocycles. The number of carbonyl (C=O) groups is 2. The zero-order valence-electron chi connectivity index (χ0n) is 17.4. The molecule has 0 bridgehead atoms. The van der Waals surface area contributed by atoms with Crippen LogP contribution in [0.5, 0.6) is 0 Å². The first-order chi connectivity index (χ1) is 15.7. The summed E-state index contributed by atoms with van der Waals surface area (Å²) < 4.78 is 7.31. The van der Waals surface area contributed by atoms with E-state index in [1.807, 2.05) is 0 Å². The highest BCUT2D eigenvalue weighted by Crippen LogP contribution is 2.21. The Morgan fingerprint density at radius 2 is 1.88 bits per heavy atom. The SMILES string of the molecule is Cc1nn(CC(=O)NCCNC(=O)c2nc(Cn3cc([N+](=O)[O-])cn3)no2)c(C)c1[N+](=O)[O-]. The van der Waals surface area contributed by atoms with E-state index in [1.165, 1.54) is 29.4 Å². The third-order valence-electron chi connectivity index (χ3n) is 4.35. The molecule has 17 nitrogen and oxygen atoms in total. The zero-order valence-corrected chi connectivity index (χ0v) is 17.4. The highest BCUT2D eigenvalue weighted by Gasteiger charge is 2.22. The van der Waals surface area contributed by atoms with Crippen LogP contribution >= 0.6 is 0 Å². The molecule has 0 unspecified atom stereocenters. The maximum atomic E-state index is 12.1. The molecule has 0 spiro atoms. The van der Waals surface area contributed by atoms with E-state index < -0.39 is 21.7 Å². The summed E-state index contributed by atoms with van der Waals surface area (Å²) >= 11 is 0. The molecule has 0 aliphatic heterocycles. The second kappa shape index (κ2) is 9.62. The Balaban J connectivity index is 1.43. The predicted octanol–water partition coefficient (Wildman–Crippen LogP) is -0.510. The molecule has 0 saturated heterocycles. The lowest BCUT2D eigenvalue weighted by atomic mass is 10.3. The first kappa shape index (κ1) is 23.0. The average Bonchev–Trinajstić information content (AvgIpc) is 3.46. The highest BCUT2D eigenvalue weighted by molar-refractivity contribution is 5.89. The minimum Gasteiger partial charge on any atom is -0.353 e. The van der Waals surface area contributed by atoms with Gasteiger partial charge in [0.05, 0.1) is 9.85 Å². The molecule has 0 saturated carbocycles. The number of aromatic nitrogens is 6. The van der Waals surface area contributed by atoms with Crippen molar-refractivity contribution in [2.24, 2.45) is 0 Å². The number of aryl methyl sites for hydroxylation is 1. The molecule has 174 valence electrons. The lowest BCUT2D eigenvalue weighted by Gasteiger charge is -2.06. The molecule has 33 heavy (non-hydrogen) atoms. The normalized spacial score (nSPS) is 10.7. The van der Waals surface area contributed by atoms with Crippen LogP contribution in [-0.2, 0) is 17.9 Å². The van der Waals surface area contributed by atoms with Crippen LogP contribution in [0.1, 0.15) is 27.9 Å². The molecule has 0 aliphatic rings. The first-order valence-corrected chi connectivity index (χ1v) is 9.38. The fraction of sp³-hybridized carbons (Fsp3) is 0.375. The standard InChI is InChI=1S/C16H18N10O7/c1-9-14(26(31)32)10(2)24(21-9)8-13(27)17-3-4-18-15(28)16-20-12(22-33-16)7-23-6-11(5-19-23)25(29)30/h5-6H,3-4,7-8H2,1-2H3,(H,17,27)(H,18,28). The van der Waals surface area contributed by atoms with Crippen molar-refractivity contribution >= 4 is 23.2 Å². The third-order valence-corrected chi connectivity index (χ3v) is 4.35. The van der Waals surface area contributed by atoms with Crippen molar-refractivity contribution in [2.75, 3.05) is 13.1 Å². The van der Waals surface area contributed by atoms with Crippen LogP contribution in [0.2, 0.25) is 0 Å². The lowest BCUT2D eigenvalue weighted by molar-refractivity contribution is -0.386. The first-order valence-electron chi connectivity index (χ1n) is 9.38.